The number of carboxylic acids is 1. The lowest BCUT2D eigenvalue weighted by atomic mass is 9.94. The van der Waals surface area contributed by atoms with Gasteiger partial charge in [0, 0.05) is 17.2 Å². The maximum Gasteiger partial charge on any atom is 0.372 e. The van der Waals surface area contributed by atoms with Gasteiger partial charge in [-0.3, -0.25) is 0 Å². The SMILES string of the molecule is O=C(O)c1occc1C1CC2CC=CC=C2N1. The summed E-state index contributed by atoms with van der Waals surface area (Å²) in [6.07, 6.45) is 9.63. The fourth-order valence-corrected chi connectivity index (χ4v) is 2.58. The van der Waals surface area contributed by atoms with Crippen molar-refractivity contribution >= 4 is 5.97 Å². The van der Waals surface area contributed by atoms with Gasteiger partial charge in [-0.15, -0.1) is 0 Å². The smallest absolute Gasteiger partial charge is 0.372 e. The molecule has 0 bridgehead atoms. The fraction of sp³-hybridized carbons (Fsp3) is 0.308. The molecule has 88 valence electrons. The highest BCUT2D eigenvalue weighted by atomic mass is 16.4. The van der Waals surface area contributed by atoms with Crippen molar-refractivity contribution in [2.24, 2.45) is 5.92 Å². The van der Waals surface area contributed by atoms with E-state index in [1.54, 1.807) is 6.07 Å². The van der Waals surface area contributed by atoms with Gasteiger partial charge in [0.2, 0.25) is 5.76 Å². The Kier molecular flexibility index (Phi) is 2.28. The number of hydrogen-bond donors (Lipinski definition) is 2. The van der Waals surface area contributed by atoms with Crippen LogP contribution in [0.5, 0.6) is 0 Å². The van der Waals surface area contributed by atoms with Crippen LogP contribution in [0, 0.1) is 5.92 Å². The molecular weight excluding hydrogens is 218 g/mol. The third kappa shape index (κ3) is 1.65. The summed E-state index contributed by atoms with van der Waals surface area (Å²) in [5.74, 6) is -0.468. The van der Waals surface area contributed by atoms with Crippen LogP contribution in [0.25, 0.3) is 0 Å². The van der Waals surface area contributed by atoms with E-state index in [0.717, 1.165) is 18.4 Å². The van der Waals surface area contributed by atoms with Crippen molar-refractivity contribution in [2.45, 2.75) is 18.9 Å². The highest BCUT2D eigenvalue weighted by molar-refractivity contribution is 5.86. The van der Waals surface area contributed by atoms with Gasteiger partial charge in [0.1, 0.15) is 0 Å². The van der Waals surface area contributed by atoms with Gasteiger partial charge in [0.05, 0.1) is 12.3 Å². The van der Waals surface area contributed by atoms with Crippen molar-refractivity contribution in [2.75, 3.05) is 0 Å². The predicted octanol–water partition coefficient (Wildman–Crippen LogP) is 2.47. The third-order valence-electron chi connectivity index (χ3n) is 3.40. The number of allylic oxidation sites excluding steroid dienone is 4. The molecule has 0 spiro atoms. The van der Waals surface area contributed by atoms with Crippen LogP contribution < -0.4 is 5.32 Å². The van der Waals surface area contributed by atoms with Crippen LogP contribution in [0.4, 0.5) is 0 Å². The summed E-state index contributed by atoms with van der Waals surface area (Å²) in [6, 6.07) is 1.79. The van der Waals surface area contributed by atoms with E-state index in [0.29, 0.717) is 5.92 Å². The molecule has 2 aliphatic rings. The minimum absolute atomic E-state index is 0.0507. The van der Waals surface area contributed by atoms with Crippen molar-refractivity contribution in [1.82, 2.24) is 5.32 Å². The molecule has 3 rings (SSSR count). The second-order valence-electron chi connectivity index (χ2n) is 4.43. The van der Waals surface area contributed by atoms with Gasteiger partial charge in [-0.25, -0.2) is 4.79 Å². The molecule has 2 heterocycles. The van der Waals surface area contributed by atoms with Crippen molar-refractivity contribution in [3.05, 3.63) is 47.6 Å². The van der Waals surface area contributed by atoms with Crippen LogP contribution in [0.1, 0.15) is 35.0 Å². The highest BCUT2D eigenvalue weighted by Crippen LogP contribution is 2.38. The molecule has 2 atom stereocenters. The average molecular weight is 231 g/mol. The molecule has 1 aromatic rings. The lowest BCUT2D eigenvalue weighted by molar-refractivity contribution is 0.0659. The van der Waals surface area contributed by atoms with Gasteiger partial charge < -0.3 is 14.8 Å². The number of rotatable bonds is 2. The predicted molar refractivity (Wildman–Crippen MR) is 61.5 cm³/mol. The van der Waals surface area contributed by atoms with E-state index in [1.807, 2.05) is 6.08 Å². The van der Waals surface area contributed by atoms with Gasteiger partial charge in [0.25, 0.3) is 0 Å². The molecule has 4 heteroatoms. The highest BCUT2D eigenvalue weighted by Gasteiger charge is 2.32. The number of carbonyl (C=O) groups is 1. The van der Waals surface area contributed by atoms with E-state index in [-0.39, 0.29) is 11.8 Å². The Morgan fingerprint density at radius 2 is 2.41 bits per heavy atom. The van der Waals surface area contributed by atoms with Crippen molar-refractivity contribution < 1.29 is 14.3 Å². The minimum Gasteiger partial charge on any atom is -0.475 e. The molecule has 1 aliphatic carbocycles. The Labute approximate surface area is 98.6 Å². The molecule has 0 aromatic carbocycles. The zero-order valence-corrected chi connectivity index (χ0v) is 9.22. The molecule has 0 amide bonds. The number of fused-ring (bicyclic) bond motifs is 1. The average Bonchev–Trinajstić information content (AvgIpc) is 2.95. The van der Waals surface area contributed by atoms with Crippen molar-refractivity contribution in [3.8, 4) is 0 Å². The Bertz CT molecular complexity index is 512. The number of aromatic carboxylic acids is 1. The van der Waals surface area contributed by atoms with Crippen LogP contribution in [-0.4, -0.2) is 11.1 Å². The summed E-state index contributed by atoms with van der Waals surface area (Å²) >= 11 is 0. The first-order valence-corrected chi connectivity index (χ1v) is 5.69. The summed E-state index contributed by atoms with van der Waals surface area (Å²) in [6.45, 7) is 0. The van der Waals surface area contributed by atoms with Crippen LogP contribution in [-0.2, 0) is 0 Å². The molecule has 1 aromatic heterocycles. The van der Waals surface area contributed by atoms with Gasteiger partial charge >= 0.3 is 5.97 Å². The Morgan fingerprint density at radius 1 is 1.53 bits per heavy atom. The van der Waals surface area contributed by atoms with Crippen LogP contribution in [0.2, 0.25) is 0 Å². The van der Waals surface area contributed by atoms with E-state index in [1.165, 1.54) is 12.0 Å². The zero-order valence-electron chi connectivity index (χ0n) is 9.22. The number of furan rings is 1. The maximum atomic E-state index is 11.0. The molecular formula is C13H13NO3. The Balaban J connectivity index is 1.87. The molecule has 0 radical (unpaired) electrons. The Hall–Kier alpha value is -1.97. The lowest BCUT2D eigenvalue weighted by Gasteiger charge is -2.10. The second-order valence-corrected chi connectivity index (χ2v) is 4.43. The van der Waals surface area contributed by atoms with Crippen molar-refractivity contribution in [3.63, 3.8) is 0 Å². The van der Waals surface area contributed by atoms with Gasteiger partial charge in [0.15, 0.2) is 0 Å². The summed E-state index contributed by atoms with van der Waals surface area (Å²) in [5, 5.41) is 12.4. The molecule has 2 unspecified atom stereocenters. The first-order valence-electron chi connectivity index (χ1n) is 5.69. The van der Waals surface area contributed by atoms with E-state index in [4.69, 9.17) is 9.52 Å². The normalized spacial score (nSPS) is 26.2. The van der Waals surface area contributed by atoms with E-state index < -0.39 is 5.97 Å². The molecule has 1 saturated heterocycles. The molecule has 4 nitrogen and oxygen atoms in total. The second kappa shape index (κ2) is 3.80. The van der Waals surface area contributed by atoms with Crippen LogP contribution >= 0.6 is 0 Å². The van der Waals surface area contributed by atoms with Gasteiger partial charge in [-0.1, -0.05) is 12.2 Å². The summed E-state index contributed by atoms with van der Waals surface area (Å²) in [7, 11) is 0. The van der Waals surface area contributed by atoms with E-state index >= 15 is 0 Å². The topological polar surface area (TPSA) is 62.5 Å². The molecule has 2 N–H and O–H groups in total. The molecule has 17 heavy (non-hydrogen) atoms. The number of carboxylic acid groups (broad SMARTS) is 1. The first-order chi connectivity index (χ1) is 8.25. The lowest BCUT2D eigenvalue weighted by Crippen LogP contribution is -2.14. The largest absolute Gasteiger partial charge is 0.475 e. The standard InChI is InChI=1S/C13H13NO3/c15-13(16)12-9(5-6-17-12)11-7-8-3-1-2-4-10(8)14-11/h1-2,4-6,8,11,14H,3,7H2,(H,15,16). The molecule has 1 fully saturated rings. The van der Waals surface area contributed by atoms with E-state index in [9.17, 15) is 4.79 Å². The van der Waals surface area contributed by atoms with E-state index in [2.05, 4.69) is 17.5 Å². The molecule has 1 aliphatic heterocycles. The van der Waals surface area contributed by atoms with Crippen LogP contribution in [0.3, 0.4) is 0 Å². The summed E-state index contributed by atoms with van der Waals surface area (Å²) in [5.41, 5.74) is 1.95. The fourth-order valence-electron chi connectivity index (χ4n) is 2.58. The molecule has 0 saturated carbocycles. The minimum atomic E-state index is -1.01. The third-order valence-corrected chi connectivity index (χ3v) is 3.40. The Morgan fingerprint density at radius 3 is 3.18 bits per heavy atom. The van der Waals surface area contributed by atoms with Gasteiger partial charge in [-0.05, 0) is 25.0 Å². The summed E-state index contributed by atoms with van der Waals surface area (Å²) in [4.78, 5) is 11.0. The number of hydrogen-bond acceptors (Lipinski definition) is 3. The first kappa shape index (κ1) is 10.2. The summed E-state index contributed by atoms with van der Waals surface area (Å²) < 4.78 is 5.02. The maximum absolute atomic E-state index is 11.0. The quantitative estimate of drug-likeness (QED) is 0.820. The number of nitrogens with one attached hydrogen (secondary N) is 1. The van der Waals surface area contributed by atoms with Crippen molar-refractivity contribution in [1.29, 1.82) is 0 Å². The zero-order chi connectivity index (χ0) is 11.8. The van der Waals surface area contributed by atoms with Gasteiger partial charge in [-0.2, -0.15) is 0 Å². The monoisotopic (exact) mass is 231 g/mol. The van der Waals surface area contributed by atoms with Crippen LogP contribution in [0.15, 0.2) is 40.7 Å².